The summed E-state index contributed by atoms with van der Waals surface area (Å²) < 4.78 is 14.5. The number of halogens is 2. The Kier molecular flexibility index (Phi) is 5.51. The first kappa shape index (κ1) is 18.3. The fourth-order valence-corrected chi connectivity index (χ4v) is 3.33. The van der Waals surface area contributed by atoms with Gasteiger partial charge < -0.3 is 10.2 Å². The molecule has 6 nitrogen and oxygen atoms in total. The summed E-state index contributed by atoms with van der Waals surface area (Å²) in [6.45, 7) is 0.922. The SMILES string of the molecule is O=C(Nc1ccc(Br)cc1)C1CCN(c2cc(F)ccc2[N+](=O)[O-])CC1. The van der Waals surface area contributed by atoms with Crippen molar-refractivity contribution in [1.29, 1.82) is 0 Å². The molecule has 0 aliphatic carbocycles. The van der Waals surface area contributed by atoms with Gasteiger partial charge in [0, 0.05) is 41.3 Å². The number of nitrogens with one attached hydrogen (secondary N) is 1. The zero-order valence-corrected chi connectivity index (χ0v) is 15.4. The molecule has 1 aliphatic heterocycles. The molecule has 1 heterocycles. The van der Waals surface area contributed by atoms with Crippen LogP contribution >= 0.6 is 15.9 Å². The van der Waals surface area contributed by atoms with E-state index in [0.29, 0.717) is 25.9 Å². The van der Waals surface area contributed by atoms with Gasteiger partial charge in [-0.25, -0.2) is 4.39 Å². The normalized spacial score (nSPS) is 14.9. The quantitative estimate of drug-likeness (QED) is 0.587. The fraction of sp³-hybridized carbons (Fsp3) is 0.278. The largest absolute Gasteiger partial charge is 0.366 e. The zero-order chi connectivity index (χ0) is 18.7. The minimum absolute atomic E-state index is 0.0688. The lowest BCUT2D eigenvalue weighted by Crippen LogP contribution is -2.38. The molecular formula is C18H17BrFN3O3. The van der Waals surface area contributed by atoms with Crippen molar-refractivity contribution in [3.63, 3.8) is 0 Å². The van der Waals surface area contributed by atoms with Gasteiger partial charge in [-0.3, -0.25) is 14.9 Å². The Balaban J connectivity index is 1.64. The van der Waals surface area contributed by atoms with Crippen molar-refractivity contribution in [1.82, 2.24) is 0 Å². The van der Waals surface area contributed by atoms with Gasteiger partial charge in [-0.05, 0) is 43.2 Å². The average molecular weight is 422 g/mol. The van der Waals surface area contributed by atoms with E-state index in [1.165, 1.54) is 12.1 Å². The van der Waals surface area contributed by atoms with Gasteiger partial charge >= 0.3 is 0 Å². The highest BCUT2D eigenvalue weighted by Gasteiger charge is 2.28. The van der Waals surface area contributed by atoms with E-state index in [1.807, 2.05) is 24.3 Å². The number of piperidine rings is 1. The third kappa shape index (κ3) is 4.19. The van der Waals surface area contributed by atoms with Gasteiger partial charge in [0.25, 0.3) is 5.69 Å². The first-order chi connectivity index (χ1) is 12.4. The molecule has 1 amide bonds. The van der Waals surface area contributed by atoms with E-state index >= 15 is 0 Å². The van der Waals surface area contributed by atoms with Gasteiger partial charge in [0.1, 0.15) is 11.5 Å². The molecule has 0 atom stereocenters. The Labute approximate surface area is 158 Å². The van der Waals surface area contributed by atoms with Crippen LogP contribution in [0.5, 0.6) is 0 Å². The summed E-state index contributed by atoms with van der Waals surface area (Å²) in [6.07, 6.45) is 1.10. The summed E-state index contributed by atoms with van der Waals surface area (Å²) in [4.78, 5) is 24.8. The Morgan fingerprint density at radius 1 is 1.19 bits per heavy atom. The molecule has 0 unspecified atom stereocenters. The van der Waals surface area contributed by atoms with Gasteiger partial charge in [-0.2, -0.15) is 0 Å². The summed E-state index contributed by atoms with van der Waals surface area (Å²) in [7, 11) is 0. The van der Waals surface area contributed by atoms with Gasteiger partial charge in [-0.15, -0.1) is 0 Å². The molecule has 0 bridgehead atoms. The molecule has 0 saturated carbocycles. The third-order valence-corrected chi connectivity index (χ3v) is 4.98. The Morgan fingerprint density at radius 3 is 2.46 bits per heavy atom. The molecule has 0 aromatic heterocycles. The minimum atomic E-state index is -0.513. The van der Waals surface area contributed by atoms with Crippen LogP contribution in [-0.2, 0) is 4.79 Å². The Hall–Kier alpha value is -2.48. The standard InChI is InChI=1S/C18H17BrFN3O3/c19-13-1-4-15(5-2-13)21-18(24)12-7-9-22(10-8-12)17-11-14(20)3-6-16(17)23(25)26/h1-6,11-12H,7-10H2,(H,21,24). The summed E-state index contributed by atoms with van der Waals surface area (Å²) in [5, 5.41) is 14.1. The van der Waals surface area contributed by atoms with Crippen LogP contribution in [0, 0.1) is 21.8 Å². The van der Waals surface area contributed by atoms with Gasteiger partial charge in [-0.1, -0.05) is 15.9 Å². The topological polar surface area (TPSA) is 75.5 Å². The summed E-state index contributed by atoms with van der Waals surface area (Å²) in [5.74, 6) is -0.760. The van der Waals surface area contributed by atoms with E-state index in [0.717, 1.165) is 16.2 Å². The summed E-state index contributed by atoms with van der Waals surface area (Å²) >= 11 is 3.35. The first-order valence-corrected chi connectivity index (χ1v) is 8.98. The van der Waals surface area contributed by atoms with Crippen LogP contribution in [0.3, 0.4) is 0 Å². The van der Waals surface area contributed by atoms with Crippen LogP contribution in [0.1, 0.15) is 12.8 Å². The highest BCUT2D eigenvalue weighted by atomic mass is 79.9. The average Bonchev–Trinajstić information content (AvgIpc) is 2.63. The molecule has 2 aromatic rings. The fourth-order valence-electron chi connectivity index (χ4n) is 3.06. The second kappa shape index (κ2) is 7.82. The lowest BCUT2D eigenvalue weighted by atomic mass is 9.95. The molecule has 8 heteroatoms. The number of hydrogen-bond acceptors (Lipinski definition) is 4. The lowest BCUT2D eigenvalue weighted by Gasteiger charge is -2.32. The molecule has 1 N–H and O–H groups in total. The smallest absolute Gasteiger partial charge is 0.292 e. The summed E-state index contributed by atoms with van der Waals surface area (Å²) in [6, 6.07) is 10.8. The molecule has 1 saturated heterocycles. The van der Waals surface area contributed by atoms with E-state index in [-0.39, 0.29) is 23.2 Å². The number of nitro benzene ring substituents is 1. The molecule has 136 valence electrons. The van der Waals surface area contributed by atoms with Gasteiger partial charge in [0.15, 0.2) is 0 Å². The number of anilines is 2. The van der Waals surface area contributed by atoms with Crippen LogP contribution in [0.4, 0.5) is 21.5 Å². The number of carbonyl (C=O) groups is 1. The Bertz CT molecular complexity index is 821. The lowest BCUT2D eigenvalue weighted by molar-refractivity contribution is -0.384. The van der Waals surface area contributed by atoms with Gasteiger partial charge in [0.2, 0.25) is 5.91 Å². The maximum atomic E-state index is 13.5. The van der Waals surface area contributed by atoms with Crippen LogP contribution < -0.4 is 10.2 Å². The minimum Gasteiger partial charge on any atom is -0.366 e. The van der Waals surface area contributed by atoms with Crippen LogP contribution in [-0.4, -0.2) is 23.9 Å². The van der Waals surface area contributed by atoms with E-state index in [4.69, 9.17) is 0 Å². The predicted molar refractivity (Wildman–Crippen MR) is 101 cm³/mol. The molecule has 26 heavy (non-hydrogen) atoms. The van der Waals surface area contributed by atoms with E-state index in [2.05, 4.69) is 21.2 Å². The predicted octanol–water partition coefficient (Wildman–Crippen LogP) is 4.35. The maximum Gasteiger partial charge on any atom is 0.292 e. The molecular weight excluding hydrogens is 405 g/mol. The van der Waals surface area contributed by atoms with E-state index < -0.39 is 10.7 Å². The van der Waals surface area contributed by atoms with Crippen molar-refractivity contribution >= 4 is 38.9 Å². The molecule has 0 radical (unpaired) electrons. The number of hydrogen-bond donors (Lipinski definition) is 1. The molecule has 1 aliphatic rings. The molecule has 1 fully saturated rings. The second-order valence-corrected chi connectivity index (χ2v) is 7.06. The number of nitrogens with zero attached hydrogens (tertiary/aromatic N) is 2. The van der Waals surface area contributed by atoms with Crippen molar-refractivity contribution in [3.05, 3.63) is 62.9 Å². The molecule has 3 rings (SSSR count). The van der Waals surface area contributed by atoms with Crippen molar-refractivity contribution in [2.45, 2.75) is 12.8 Å². The first-order valence-electron chi connectivity index (χ1n) is 8.19. The number of amides is 1. The molecule has 0 spiro atoms. The van der Waals surface area contributed by atoms with E-state index in [1.54, 1.807) is 4.90 Å². The zero-order valence-electron chi connectivity index (χ0n) is 13.8. The van der Waals surface area contributed by atoms with Crippen molar-refractivity contribution < 1.29 is 14.1 Å². The molecule has 2 aromatic carbocycles. The van der Waals surface area contributed by atoms with Crippen LogP contribution in [0.2, 0.25) is 0 Å². The van der Waals surface area contributed by atoms with Gasteiger partial charge in [0.05, 0.1) is 4.92 Å². The van der Waals surface area contributed by atoms with Crippen molar-refractivity contribution in [2.75, 3.05) is 23.3 Å². The number of rotatable bonds is 4. The van der Waals surface area contributed by atoms with E-state index in [9.17, 15) is 19.3 Å². The Morgan fingerprint density at radius 2 is 1.85 bits per heavy atom. The monoisotopic (exact) mass is 421 g/mol. The number of carbonyl (C=O) groups excluding carboxylic acids is 1. The number of benzene rings is 2. The second-order valence-electron chi connectivity index (χ2n) is 6.15. The van der Waals surface area contributed by atoms with Crippen LogP contribution in [0.25, 0.3) is 0 Å². The van der Waals surface area contributed by atoms with Crippen molar-refractivity contribution in [3.8, 4) is 0 Å². The van der Waals surface area contributed by atoms with Crippen LogP contribution in [0.15, 0.2) is 46.9 Å². The number of nitro groups is 1. The third-order valence-electron chi connectivity index (χ3n) is 4.45. The highest BCUT2D eigenvalue weighted by Crippen LogP contribution is 2.32. The van der Waals surface area contributed by atoms with Crippen molar-refractivity contribution in [2.24, 2.45) is 5.92 Å². The maximum absolute atomic E-state index is 13.5. The highest BCUT2D eigenvalue weighted by molar-refractivity contribution is 9.10. The summed E-state index contributed by atoms with van der Waals surface area (Å²) in [5.41, 5.74) is 0.868.